The van der Waals surface area contributed by atoms with Gasteiger partial charge in [0.25, 0.3) is 5.91 Å². The summed E-state index contributed by atoms with van der Waals surface area (Å²) in [7, 11) is 0. The fourth-order valence-corrected chi connectivity index (χ4v) is 7.32. The normalized spacial score (nSPS) is 16.7. The molecule has 0 saturated carbocycles. The number of hydrogen-bond donors (Lipinski definition) is 4. The number of aliphatic hydroxyl groups is 1. The van der Waals surface area contributed by atoms with E-state index in [0.717, 1.165) is 50.0 Å². The molecular weight excluding hydrogens is 622 g/mol. The minimum Gasteiger partial charge on any atom is -0.386 e. The Morgan fingerprint density at radius 1 is 0.980 bits per heavy atom. The first-order valence-corrected chi connectivity index (χ1v) is 17.0. The van der Waals surface area contributed by atoms with Gasteiger partial charge in [-0.2, -0.15) is 0 Å². The van der Waals surface area contributed by atoms with E-state index in [9.17, 15) is 14.3 Å². The predicted octanol–water partition coefficient (Wildman–Crippen LogP) is 7.32. The predicted molar refractivity (Wildman–Crippen MR) is 188 cm³/mol. The molecule has 49 heavy (non-hydrogen) atoms. The van der Waals surface area contributed by atoms with E-state index in [1.165, 1.54) is 75.7 Å². The largest absolute Gasteiger partial charge is 0.386 e. The molecular formula is C39H42F2N6O2. The second kappa shape index (κ2) is 13.1. The van der Waals surface area contributed by atoms with Crippen LogP contribution in [-0.4, -0.2) is 57.0 Å². The van der Waals surface area contributed by atoms with Crippen LogP contribution >= 0.6 is 0 Å². The summed E-state index contributed by atoms with van der Waals surface area (Å²) in [4.78, 5) is 28.0. The standard InChI is InChI=1S/C39H42F2N6O2/c1-24-30(19-28(40)20-33(24)46-37(48)29-9-8-27(18-32(29)41)38(2,3)49)35-31-21-34(45-36(31)44-23-43-35)26-6-4-25(5-7-26)22-47-16-12-39(13-17-47)10-14-42-15-11-39/h4-9,18-21,23,42,49H,10-17,22H2,1-3H3,(H,46,48)(H,43,44,45). The Hall–Kier alpha value is -4.51. The molecule has 4 heterocycles. The topological polar surface area (TPSA) is 106 Å². The smallest absolute Gasteiger partial charge is 0.258 e. The molecule has 1 amide bonds. The molecule has 2 aromatic heterocycles. The molecule has 10 heteroatoms. The second-order valence-corrected chi connectivity index (χ2v) is 14.2. The van der Waals surface area contributed by atoms with Gasteiger partial charge in [0.2, 0.25) is 0 Å². The molecule has 254 valence electrons. The Morgan fingerprint density at radius 3 is 2.41 bits per heavy atom. The maximum Gasteiger partial charge on any atom is 0.258 e. The Kier molecular flexibility index (Phi) is 8.81. The van der Waals surface area contributed by atoms with Crippen LogP contribution < -0.4 is 10.6 Å². The number of amides is 1. The number of rotatable bonds is 7. The SMILES string of the molecule is Cc1c(NC(=O)c2ccc(C(C)(C)O)cc2F)cc(F)cc1-c1ncnc2[nH]c(-c3ccc(CN4CCC5(CCNCC5)CC4)cc3)cc12. The summed E-state index contributed by atoms with van der Waals surface area (Å²) >= 11 is 0. The van der Waals surface area contributed by atoms with Crippen LogP contribution in [-0.2, 0) is 12.1 Å². The zero-order valence-corrected chi connectivity index (χ0v) is 28.2. The highest BCUT2D eigenvalue weighted by molar-refractivity contribution is 6.06. The number of aromatic nitrogens is 3. The highest BCUT2D eigenvalue weighted by Gasteiger charge is 2.35. The van der Waals surface area contributed by atoms with Gasteiger partial charge in [-0.05, 0) is 131 Å². The van der Waals surface area contributed by atoms with Crippen LogP contribution in [0.5, 0.6) is 0 Å². The number of nitrogens with zero attached hydrogens (tertiary/aromatic N) is 3. The lowest BCUT2D eigenvalue weighted by atomic mass is 9.71. The maximum atomic E-state index is 15.1. The minimum atomic E-state index is -1.27. The van der Waals surface area contributed by atoms with Gasteiger partial charge in [-0.1, -0.05) is 30.3 Å². The van der Waals surface area contributed by atoms with E-state index >= 15 is 4.39 Å². The lowest BCUT2D eigenvalue weighted by molar-refractivity contribution is 0.0701. The minimum absolute atomic E-state index is 0.198. The number of H-pyrrole nitrogens is 1. The number of piperidine rings is 2. The third-order valence-electron chi connectivity index (χ3n) is 10.5. The van der Waals surface area contributed by atoms with Gasteiger partial charge < -0.3 is 20.7 Å². The number of carbonyl (C=O) groups is 1. The number of halogens is 2. The molecule has 7 rings (SSSR count). The molecule has 8 nitrogen and oxygen atoms in total. The van der Waals surface area contributed by atoms with Crippen molar-refractivity contribution >= 4 is 22.6 Å². The van der Waals surface area contributed by atoms with Gasteiger partial charge in [-0.15, -0.1) is 0 Å². The van der Waals surface area contributed by atoms with Gasteiger partial charge in [0.05, 0.1) is 16.9 Å². The van der Waals surface area contributed by atoms with Crippen molar-refractivity contribution in [2.24, 2.45) is 5.41 Å². The fourth-order valence-electron chi connectivity index (χ4n) is 7.32. The maximum absolute atomic E-state index is 15.1. The number of hydrogen-bond acceptors (Lipinski definition) is 6. The van der Waals surface area contributed by atoms with Crippen LogP contribution in [0.3, 0.4) is 0 Å². The molecule has 0 aliphatic carbocycles. The number of nitrogens with one attached hydrogen (secondary N) is 3. The van der Waals surface area contributed by atoms with Crippen LogP contribution in [0.15, 0.2) is 67.0 Å². The van der Waals surface area contributed by atoms with Crippen molar-refractivity contribution < 1.29 is 18.7 Å². The lowest BCUT2D eigenvalue weighted by Crippen LogP contribution is -2.45. The van der Waals surface area contributed by atoms with E-state index in [0.29, 0.717) is 38.8 Å². The molecule has 2 aliphatic heterocycles. The number of likely N-dealkylation sites (tertiary alicyclic amines) is 1. The van der Waals surface area contributed by atoms with E-state index in [4.69, 9.17) is 0 Å². The van der Waals surface area contributed by atoms with Gasteiger partial charge in [-0.25, -0.2) is 18.7 Å². The van der Waals surface area contributed by atoms with E-state index in [-0.39, 0.29) is 11.3 Å². The third kappa shape index (κ3) is 6.86. The monoisotopic (exact) mass is 664 g/mol. The number of aromatic amines is 1. The number of fused-ring (bicyclic) bond motifs is 1. The van der Waals surface area contributed by atoms with E-state index in [1.54, 1.807) is 6.92 Å². The lowest BCUT2D eigenvalue weighted by Gasteiger charge is -2.44. The van der Waals surface area contributed by atoms with Crippen LogP contribution in [0.1, 0.15) is 66.6 Å². The van der Waals surface area contributed by atoms with Gasteiger partial charge in [0.15, 0.2) is 0 Å². The average molecular weight is 665 g/mol. The molecule has 5 aromatic rings. The van der Waals surface area contributed by atoms with Crippen molar-refractivity contribution in [1.82, 2.24) is 25.2 Å². The number of anilines is 1. The first-order chi connectivity index (χ1) is 23.5. The van der Waals surface area contributed by atoms with Crippen molar-refractivity contribution in [3.05, 3.63) is 101 Å². The van der Waals surface area contributed by atoms with E-state index in [1.807, 2.05) is 6.07 Å². The molecule has 0 unspecified atom stereocenters. The Labute approximate surface area is 285 Å². The molecule has 0 radical (unpaired) electrons. The third-order valence-corrected chi connectivity index (χ3v) is 10.5. The second-order valence-electron chi connectivity index (χ2n) is 14.2. The molecule has 0 atom stereocenters. The average Bonchev–Trinajstić information content (AvgIpc) is 3.52. The molecule has 2 aliphatic rings. The Morgan fingerprint density at radius 2 is 1.71 bits per heavy atom. The number of carbonyl (C=O) groups excluding carboxylic acids is 1. The van der Waals surface area contributed by atoms with Gasteiger partial charge in [0, 0.05) is 28.9 Å². The van der Waals surface area contributed by atoms with Crippen molar-refractivity contribution in [1.29, 1.82) is 0 Å². The van der Waals surface area contributed by atoms with Crippen LogP contribution in [0, 0.1) is 24.0 Å². The Bertz CT molecular complexity index is 2000. The van der Waals surface area contributed by atoms with Crippen molar-refractivity contribution in [2.45, 2.75) is 58.6 Å². The summed E-state index contributed by atoms with van der Waals surface area (Å²) in [5.41, 5.74) is 4.89. The summed E-state index contributed by atoms with van der Waals surface area (Å²) in [6, 6.07) is 17.1. The molecule has 2 saturated heterocycles. The quantitative estimate of drug-likeness (QED) is 0.145. The summed E-state index contributed by atoms with van der Waals surface area (Å²) in [5.74, 6) is -2.09. The summed E-state index contributed by atoms with van der Waals surface area (Å²) in [6.45, 7) is 10.3. The van der Waals surface area contributed by atoms with Crippen LogP contribution in [0.2, 0.25) is 0 Å². The molecule has 0 bridgehead atoms. The fraction of sp³-hybridized carbons (Fsp3) is 0.359. The highest BCUT2D eigenvalue weighted by atomic mass is 19.1. The first kappa shape index (κ1) is 33.0. The summed E-state index contributed by atoms with van der Waals surface area (Å²) in [6.07, 6.45) is 6.57. The zero-order chi connectivity index (χ0) is 34.3. The van der Waals surface area contributed by atoms with Crippen molar-refractivity contribution in [3.8, 4) is 22.5 Å². The van der Waals surface area contributed by atoms with E-state index in [2.05, 4.69) is 54.8 Å². The van der Waals surface area contributed by atoms with E-state index < -0.39 is 23.1 Å². The van der Waals surface area contributed by atoms with Gasteiger partial charge >= 0.3 is 0 Å². The van der Waals surface area contributed by atoms with Gasteiger partial charge in [-0.3, -0.25) is 9.69 Å². The van der Waals surface area contributed by atoms with Crippen molar-refractivity contribution in [2.75, 3.05) is 31.5 Å². The first-order valence-electron chi connectivity index (χ1n) is 17.0. The highest BCUT2D eigenvalue weighted by Crippen LogP contribution is 2.40. The molecule has 1 spiro atoms. The number of benzene rings is 3. The molecule has 3 aromatic carbocycles. The summed E-state index contributed by atoms with van der Waals surface area (Å²) in [5, 5.41) is 17.1. The molecule has 2 fully saturated rings. The van der Waals surface area contributed by atoms with Crippen LogP contribution in [0.4, 0.5) is 14.5 Å². The van der Waals surface area contributed by atoms with Crippen molar-refractivity contribution in [3.63, 3.8) is 0 Å². The zero-order valence-electron chi connectivity index (χ0n) is 28.2. The van der Waals surface area contributed by atoms with Gasteiger partial charge in [0.1, 0.15) is 23.6 Å². The van der Waals surface area contributed by atoms with Crippen LogP contribution in [0.25, 0.3) is 33.5 Å². The summed E-state index contributed by atoms with van der Waals surface area (Å²) < 4.78 is 30.0. The Balaban J connectivity index is 1.10. The molecule has 4 N–H and O–H groups in total.